The molecule has 0 aliphatic heterocycles. The lowest BCUT2D eigenvalue weighted by Gasteiger charge is -2.12. The standard InChI is InChI=1S/C13H14N4O/c1-17(2)11-5-6-12(13(18)8-11)16-15-10-4-3-7-14-9-10/h3-9,18H,1-2H3/b16-15+. The van der Waals surface area contributed by atoms with E-state index >= 15 is 0 Å². The van der Waals surface area contributed by atoms with Crippen LogP contribution < -0.4 is 4.90 Å². The normalized spacial score (nSPS) is 10.8. The highest BCUT2D eigenvalue weighted by Crippen LogP contribution is 2.31. The summed E-state index contributed by atoms with van der Waals surface area (Å²) in [5.41, 5.74) is 1.99. The minimum absolute atomic E-state index is 0.105. The number of aromatic hydroxyl groups is 1. The number of aromatic nitrogens is 1. The van der Waals surface area contributed by atoms with Crippen molar-refractivity contribution >= 4 is 17.1 Å². The number of azo groups is 1. The molecule has 0 saturated carbocycles. The molecular formula is C13H14N4O. The van der Waals surface area contributed by atoms with E-state index in [1.807, 2.05) is 25.1 Å². The van der Waals surface area contributed by atoms with Crippen molar-refractivity contribution in [2.24, 2.45) is 10.2 Å². The monoisotopic (exact) mass is 242 g/mol. The topological polar surface area (TPSA) is 61.1 Å². The first kappa shape index (κ1) is 12.0. The van der Waals surface area contributed by atoms with Gasteiger partial charge in [0.05, 0.1) is 6.20 Å². The molecule has 5 nitrogen and oxygen atoms in total. The van der Waals surface area contributed by atoms with E-state index in [1.54, 1.807) is 36.7 Å². The van der Waals surface area contributed by atoms with Gasteiger partial charge in [0.15, 0.2) is 0 Å². The van der Waals surface area contributed by atoms with Crippen LogP contribution in [0, 0.1) is 0 Å². The Bertz CT molecular complexity index is 552. The Morgan fingerprint density at radius 1 is 1.17 bits per heavy atom. The molecule has 1 aromatic carbocycles. The first-order valence-corrected chi connectivity index (χ1v) is 5.49. The third-order valence-electron chi connectivity index (χ3n) is 2.39. The first-order valence-electron chi connectivity index (χ1n) is 5.49. The van der Waals surface area contributed by atoms with E-state index in [0.717, 1.165) is 5.69 Å². The summed E-state index contributed by atoms with van der Waals surface area (Å²) < 4.78 is 0. The molecule has 0 aliphatic rings. The average Bonchev–Trinajstić information content (AvgIpc) is 2.38. The average molecular weight is 242 g/mol. The molecule has 18 heavy (non-hydrogen) atoms. The fourth-order valence-electron chi connectivity index (χ4n) is 1.40. The van der Waals surface area contributed by atoms with Gasteiger partial charge in [0, 0.05) is 32.0 Å². The number of pyridine rings is 1. The second-order valence-corrected chi connectivity index (χ2v) is 3.98. The summed E-state index contributed by atoms with van der Waals surface area (Å²) in [4.78, 5) is 5.84. The van der Waals surface area contributed by atoms with E-state index in [2.05, 4.69) is 15.2 Å². The minimum atomic E-state index is 0.105. The molecule has 0 radical (unpaired) electrons. The molecule has 5 heteroatoms. The Hall–Kier alpha value is -2.43. The summed E-state index contributed by atoms with van der Waals surface area (Å²) in [6, 6.07) is 8.82. The van der Waals surface area contributed by atoms with Gasteiger partial charge in [0.25, 0.3) is 0 Å². The molecule has 92 valence electrons. The highest BCUT2D eigenvalue weighted by molar-refractivity contribution is 5.60. The van der Waals surface area contributed by atoms with E-state index in [0.29, 0.717) is 11.4 Å². The van der Waals surface area contributed by atoms with Crippen LogP contribution in [0.4, 0.5) is 17.1 Å². The number of hydrogen-bond donors (Lipinski definition) is 1. The zero-order valence-corrected chi connectivity index (χ0v) is 10.3. The number of benzene rings is 1. The predicted octanol–water partition coefficient (Wildman–Crippen LogP) is 3.27. The van der Waals surface area contributed by atoms with Crippen molar-refractivity contribution in [3.05, 3.63) is 42.7 Å². The van der Waals surface area contributed by atoms with Crippen molar-refractivity contribution in [1.82, 2.24) is 4.98 Å². The van der Waals surface area contributed by atoms with Crippen LogP contribution in [0.3, 0.4) is 0 Å². The molecule has 0 spiro atoms. The Balaban J connectivity index is 2.22. The zero-order chi connectivity index (χ0) is 13.0. The van der Waals surface area contributed by atoms with Gasteiger partial charge in [-0.25, -0.2) is 0 Å². The van der Waals surface area contributed by atoms with Gasteiger partial charge in [-0.2, -0.15) is 0 Å². The zero-order valence-electron chi connectivity index (χ0n) is 10.3. The third-order valence-corrected chi connectivity index (χ3v) is 2.39. The van der Waals surface area contributed by atoms with Gasteiger partial charge >= 0.3 is 0 Å². The number of rotatable bonds is 3. The summed E-state index contributed by atoms with van der Waals surface area (Å²) in [6.45, 7) is 0. The number of phenolic OH excluding ortho intramolecular Hbond substituents is 1. The predicted molar refractivity (Wildman–Crippen MR) is 70.8 cm³/mol. The van der Waals surface area contributed by atoms with Gasteiger partial charge in [0.2, 0.25) is 0 Å². The van der Waals surface area contributed by atoms with E-state index in [-0.39, 0.29) is 5.75 Å². The van der Waals surface area contributed by atoms with Crippen molar-refractivity contribution in [3.63, 3.8) is 0 Å². The van der Waals surface area contributed by atoms with Gasteiger partial charge in [-0.15, -0.1) is 10.2 Å². The van der Waals surface area contributed by atoms with Crippen molar-refractivity contribution in [2.45, 2.75) is 0 Å². The van der Waals surface area contributed by atoms with Gasteiger partial charge in [-0.1, -0.05) is 0 Å². The van der Waals surface area contributed by atoms with Crippen LogP contribution in [0.5, 0.6) is 5.75 Å². The molecule has 1 aromatic heterocycles. The molecule has 0 amide bonds. The molecule has 0 aliphatic carbocycles. The highest BCUT2D eigenvalue weighted by Gasteiger charge is 2.02. The summed E-state index contributed by atoms with van der Waals surface area (Å²) in [7, 11) is 3.82. The molecular weight excluding hydrogens is 228 g/mol. The largest absolute Gasteiger partial charge is 0.506 e. The maximum absolute atomic E-state index is 9.82. The molecule has 1 heterocycles. The van der Waals surface area contributed by atoms with E-state index in [4.69, 9.17) is 0 Å². The fourth-order valence-corrected chi connectivity index (χ4v) is 1.40. The number of nitrogens with zero attached hydrogens (tertiary/aromatic N) is 4. The van der Waals surface area contributed by atoms with Crippen LogP contribution in [0.25, 0.3) is 0 Å². The highest BCUT2D eigenvalue weighted by atomic mass is 16.3. The lowest BCUT2D eigenvalue weighted by molar-refractivity contribution is 0.476. The van der Waals surface area contributed by atoms with E-state index in [9.17, 15) is 5.11 Å². The Labute approximate surface area is 105 Å². The smallest absolute Gasteiger partial charge is 0.145 e. The number of anilines is 1. The molecule has 1 N–H and O–H groups in total. The van der Waals surface area contributed by atoms with Crippen LogP contribution >= 0.6 is 0 Å². The maximum Gasteiger partial charge on any atom is 0.145 e. The Morgan fingerprint density at radius 2 is 2.00 bits per heavy atom. The van der Waals surface area contributed by atoms with Crippen LogP contribution in [-0.2, 0) is 0 Å². The van der Waals surface area contributed by atoms with Crippen molar-refractivity contribution in [1.29, 1.82) is 0 Å². The molecule has 0 atom stereocenters. The van der Waals surface area contributed by atoms with Crippen LogP contribution in [0.1, 0.15) is 0 Å². The lowest BCUT2D eigenvalue weighted by atomic mass is 10.2. The molecule has 0 saturated heterocycles. The van der Waals surface area contributed by atoms with Crippen molar-refractivity contribution in [2.75, 3.05) is 19.0 Å². The third kappa shape index (κ3) is 2.82. The first-order chi connectivity index (χ1) is 8.66. The Kier molecular flexibility index (Phi) is 3.52. The fraction of sp³-hybridized carbons (Fsp3) is 0.154. The van der Waals surface area contributed by atoms with Crippen LogP contribution in [0.15, 0.2) is 53.0 Å². The van der Waals surface area contributed by atoms with Gasteiger partial charge < -0.3 is 10.0 Å². The van der Waals surface area contributed by atoms with Crippen molar-refractivity contribution < 1.29 is 5.11 Å². The SMILES string of the molecule is CN(C)c1ccc(/N=N/c2cccnc2)c(O)c1. The summed E-state index contributed by atoms with van der Waals surface area (Å²) in [5, 5.41) is 17.8. The molecule has 2 aromatic rings. The summed E-state index contributed by atoms with van der Waals surface area (Å²) in [5.74, 6) is 0.105. The molecule has 0 bridgehead atoms. The summed E-state index contributed by atoms with van der Waals surface area (Å²) >= 11 is 0. The van der Waals surface area contributed by atoms with Crippen LogP contribution in [-0.4, -0.2) is 24.2 Å². The summed E-state index contributed by atoms with van der Waals surface area (Å²) in [6.07, 6.45) is 3.27. The second kappa shape index (κ2) is 5.27. The minimum Gasteiger partial charge on any atom is -0.506 e. The number of phenols is 1. The molecule has 2 rings (SSSR count). The van der Waals surface area contributed by atoms with Gasteiger partial charge in [-0.05, 0) is 24.3 Å². The maximum atomic E-state index is 9.82. The quantitative estimate of drug-likeness (QED) is 0.840. The van der Waals surface area contributed by atoms with Crippen molar-refractivity contribution in [3.8, 4) is 5.75 Å². The van der Waals surface area contributed by atoms with Crippen LogP contribution in [0.2, 0.25) is 0 Å². The molecule has 0 unspecified atom stereocenters. The lowest BCUT2D eigenvalue weighted by Crippen LogP contribution is -2.07. The second-order valence-electron chi connectivity index (χ2n) is 3.98. The Morgan fingerprint density at radius 3 is 2.61 bits per heavy atom. The van der Waals surface area contributed by atoms with E-state index in [1.165, 1.54) is 0 Å². The van der Waals surface area contributed by atoms with Gasteiger partial charge in [-0.3, -0.25) is 4.98 Å². The number of hydrogen-bond acceptors (Lipinski definition) is 5. The van der Waals surface area contributed by atoms with Gasteiger partial charge in [0.1, 0.15) is 17.1 Å². The van der Waals surface area contributed by atoms with E-state index < -0.39 is 0 Å². The molecule has 0 fully saturated rings.